The Labute approximate surface area is 160 Å². The molecule has 8 nitrogen and oxygen atoms in total. The molecule has 9 heteroatoms. The third-order valence-electron chi connectivity index (χ3n) is 5.03. The van der Waals surface area contributed by atoms with Crippen LogP contribution in [0.2, 0.25) is 0 Å². The van der Waals surface area contributed by atoms with Crippen LogP contribution in [0.5, 0.6) is 5.75 Å². The zero-order chi connectivity index (χ0) is 19.3. The number of hydrogen-bond donors (Lipinski definition) is 0. The van der Waals surface area contributed by atoms with Gasteiger partial charge in [-0.3, -0.25) is 9.69 Å². The van der Waals surface area contributed by atoms with Gasteiger partial charge < -0.3 is 14.4 Å². The van der Waals surface area contributed by atoms with E-state index in [1.54, 1.807) is 36.3 Å². The van der Waals surface area contributed by atoms with E-state index in [1.165, 1.54) is 4.31 Å². The van der Waals surface area contributed by atoms with Crippen molar-refractivity contribution in [3.05, 3.63) is 24.3 Å². The molecule has 0 radical (unpaired) electrons. The molecule has 0 unspecified atom stereocenters. The maximum absolute atomic E-state index is 12.8. The van der Waals surface area contributed by atoms with Crippen molar-refractivity contribution >= 4 is 15.9 Å². The van der Waals surface area contributed by atoms with Gasteiger partial charge in [0.1, 0.15) is 5.75 Å². The average Bonchev–Trinajstić information content (AvgIpc) is 2.73. The summed E-state index contributed by atoms with van der Waals surface area (Å²) < 4.78 is 37.3. The number of nitrogens with zero attached hydrogens (tertiary/aromatic N) is 3. The molecule has 0 spiro atoms. The van der Waals surface area contributed by atoms with Crippen molar-refractivity contribution in [2.24, 2.45) is 0 Å². The minimum absolute atomic E-state index is 0.0861. The first-order chi connectivity index (χ1) is 13.0. The van der Waals surface area contributed by atoms with Crippen molar-refractivity contribution in [2.75, 3.05) is 66.1 Å². The number of amides is 1. The summed E-state index contributed by atoms with van der Waals surface area (Å²) in [6, 6.07) is 6.37. The molecule has 150 valence electrons. The van der Waals surface area contributed by atoms with Crippen molar-refractivity contribution in [2.45, 2.75) is 11.3 Å². The zero-order valence-electron chi connectivity index (χ0n) is 15.7. The molecular formula is C18H27N3O5S. The van der Waals surface area contributed by atoms with Crippen LogP contribution >= 0.6 is 0 Å². The van der Waals surface area contributed by atoms with E-state index in [4.69, 9.17) is 9.47 Å². The van der Waals surface area contributed by atoms with Crippen LogP contribution in [0.15, 0.2) is 29.2 Å². The first kappa shape index (κ1) is 20.1. The summed E-state index contributed by atoms with van der Waals surface area (Å²) in [6.07, 6.45) is 0.464. The molecule has 3 rings (SSSR count). The summed E-state index contributed by atoms with van der Waals surface area (Å²) >= 11 is 0. The van der Waals surface area contributed by atoms with Crippen molar-refractivity contribution in [3.8, 4) is 5.75 Å². The lowest BCUT2D eigenvalue weighted by Crippen LogP contribution is -2.51. The highest BCUT2D eigenvalue weighted by Crippen LogP contribution is 2.20. The number of carbonyl (C=O) groups excluding carboxylic acids is 1. The summed E-state index contributed by atoms with van der Waals surface area (Å²) in [6.45, 7) is 5.38. The summed E-state index contributed by atoms with van der Waals surface area (Å²) in [5, 5.41) is 0. The van der Waals surface area contributed by atoms with E-state index in [1.807, 2.05) is 0 Å². The second-order valence-electron chi connectivity index (χ2n) is 6.66. The number of methoxy groups -OCH3 is 1. The molecule has 1 aromatic carbocycles. The highest BCUT2D eigenvalue weighted by molar-refractivity contribution is 7.89. The molecular weight excluding hydrogens is 370 g/mol. The number of ether oxygens (including phenoxy) is 2. The van der Waals surface area contributed by atoms with Gasteiger partial charge in [-0.1, -0.05) is 0 Å². The van der Waals surface area contributed by atoms with Crippen molar-refractivity contribution < 1.29 is 22.7 Å². The van der Waals surface area contributed by atoms with Crippen molar-refractivity contribution in [1.82, 2.24) is 14.1 Å². The van der Waals surface area contributed by atoms with Gasteiger partial charge in [0.15, 0.2) is 0 Å². The molecule has 0 atom stereocenters. The number of piperazine rings is 1. The van der Waals surface area contributed by atoms with Crippen LogP contribution in [0.1, 0.15) is 6.42 Å². The highest BCUT2D eigenvalue weighted by atomic mass is 32.2. The van der Waals surface area contributed by atoms with Crippen LogP contribution in [0, 0.1) is 0 Å². The topological polar surface area (TPSA) is 79.4 Å². The number of morpholine rings is 1. The van der Waals surface area contributed by atoms with Gasteiger partial charge in [0.05, 0.1) is 25.2 Å². The van der Waals surface area contributed by atoms with Gasteiger partial charge in [0.2, 0.25) is 15.9 Å². The van der Waals surface area contributed by atoms with Crippen LogP contribution < -0.4 is 4.74 Å². The fourth-order valence-corrected chi connectivity index (χ4v) is 4.73. The monoisotopic (exact) mass is 397 g/mol. The van der Waals surface area contributed by atoms with Gasteiger partial charge in [0.25, 0.3) is 0 Å². The van der Waals surface area contributed by atoms with E-state index in [-0.39, 0.29) is 10.8 Å². The number of hydrogen-bond acceptors (Lipinski definition) is 6. The summed E-state index contributed by atoms with van der Waals surface area (Å²) in [4.78, 5) is 16.7. The Kier molecular flexibility index (Phi) is 6.69. The molecule has 27 heavy (non-hydrogen) atoms. The molecule has 0 aromatic heterocycles. The molecule has 1 amide bonds. The molecule has 2 aliphatic rings. The number of rotatable bonds is 6. The second kappa shape index (κ2) is 9.01. The summed E-state index contributed by atoms with van der Waals surface area (Å²) in [5.41, 5.74) is 0. The average molecular weight is 397 g/mol. The fraction of sp³-hybridized carbons (Fsp3) is 0.611. The molecule has 2 saturated heterocycles. The molecule has 0 bridgehead atoms. The molecule has 0 aliphatic carbocycles. The van der Waals surface area contributed by atoms with Gasteiger partial charge in [-0.15, -0.1) is 0 Å². The molecule has 2 aliphatic heterocycles. The number of benzene rings is 1. The Morgan fingerprint density at radius 3 is 2.26 bits per heavy atom. The summed E-state index contributed by atoms with van der Waals surface area (Å²) in [5.74, 6) is 0.702. The maximum Gasteiger partial charge on any atom is 0.243 e. The van der Waals surface area contributed by atoms with Crippen molar-refractivity contribution in [3.63, 3.8) is 0 Å². The summed E-state index contributed by atoms with van der Waals surface area (Å²) in [7, 11) is -2.01. The minimum Gasteiger partial charge on any atom is -0.497 e. The molecule has 1 aromatic rings. The van der Waals surface area contributed by atoms with Crippen LogP contribution in [0.4, 0.5) is 0 Å². The van der Waals surface area contributed by atoms with E-state index in [2.05, 4.69) is 4.90 Å². The lowest BCUT2D eigenvalue weighted by molar-refractivity contribution is -0.133. The van der Waals surface area contributed by atoms with Gasteiger partial charge in [-0.25, -0.2) is 8.42 Å². The third kappa shape index (κ3) is 4.98. The Bertz CT molecular complexity index is 724. The first-order valence-electron chi connectivity index (χ1n) is 9.23. The molecule has 0 N–H and O–H groups in total. The standard InChI is InChI=1S/C18H27N3O5S/c1-25-16-2-4-17(5-3-16)27(23,24)21-10-8-20(9-11-21)18(22)6-7-19-12-14-26-15-13-19/h2-5H,6-15H2,1H3. The lowest BCUT2D eigenvalue weighted by atomic mass is 10.3. The second-order valence-corrected chi connectivity index (χ2v) is 8.60. The van der Waals surface area contributed by atoms with Gasteiger partial charge in [-0.05, 0) is 24.3 Å². The lowest BCUT2D eigenvalue weighted by Gasteiger charge is -2.34. The van der Waals surface area contributed by atoms with Gasteiger partial charge in [-0.2, -0.15) is 4.31 Å². The van der Waals surface area contributed by atoms with Gasteiger partial charge in [0, 0.05) is 52.2 Å². The van der Waals surface area contributed by atoms with Crippen LogP contribution in [0.25, 0.3) is 0 Å². The van der Waals surface area contributed by atoms with Crippen LogP contribution in [0.3, 0.4) is 0 Å². The highest BCUT2D eigenvalue weighted by Gasteiger charge is 2.30. The van der Waals surface area contributed by atoms with Crippen LogP contribution in [-0.2, 0) is 19.6 Å². The Morgan fingerprint density at radius 2 is 1.67 bits per heavy atom. The SMILES string of the molecule is COc1ccc(S(=O)(=O)N2CCN(C(=O)CCN3CCOCC3)CC2)cc1. The smallest absolute Gasteiger partial charge is 0.243 e. The predicted molar refractivity (Wildman–Crippen MR) is 100 cm³/mol. The van der Waals surface area contributed by atoms with E-state index in [0.717, 1.165) is 32.8 Å². The van der Waals surface area contributed by atoms with Crippen LogP contribution in [-0.4, -0.2) is 94.6 Å². The minimum atomic E-state index is -3.55. The van der Waals surface area contributed by atoms with Gasteiger partial charge >= 0.3 is 0 Å². The van der Waals surface area contributed by atoms with E-state index in [0.29, 0.717) is 38.3 Å². The number of sulfonamides is 1. The molecule has 2 heterocycles. The Hall–Kier alpha value is -1.68. The molecule has 0 saturated carbocycles. The van der Waals surface area contributed by atoms with E-state index in [9.17, 15) is 13.2 Å². The largest absolute Gasteiger partial charge is 0.497 e. The Morgan fingerprint density at radius 1 is 1.04 bits per heavy atom. The normalized spacial score (nSPS) is 19.8. The fourth-order valence-electron chi connectivity index (χ4n) is 3.31. The third-order valence-corrected chi connectivity index (χ3v) is 6.95. The Balaban J connectivity index is 1.50. The predicted octanol–water partition coefficient (Wildman–Crippen LogP) is 0.250. The number of carbonyl (C=O) groups is 1. The zero-order valence-corrected chi connectivity index (χ0v) is 16.5. The van der Waals surface area contributed by atoms with Crippen molar-refractivity contribution in [1.29, 1.82) is 0 Å². The van der Waals surface area contributed by atoms with E-state index < -0.39 is 10.0 Å². The maximum atomic E-state index is 12.8. The first-order valence-corrected chi connectivity index (χ1v) is 10.7. The van der Waals surface area contributed by atoms with E-state index >= 15 is 0 Å². The quantitative estimate of drug-likeness (QED) is 0.685. The molecule has 2 fully saturated rings.